The Labute approximate surface area is 201 Å². The molecule has 0 saturated carbocycles. The van der Waals surface area contributed by atoms with E-state index in [-0.39, 0.29) is 57.0 Å². The van der Waals surface area contributed by atoms with Crippen LogP contribution in [-0.2, 0) is 9.47 Å². The number of aromatic carboxylic acids is 1. The number of esters is 2. The predicted octanol–water partition coefficient (Wildman–Crippen LogP) is 5.07. The van der Waals surface area contributed by atoms with Crippen molar-refractivity contribution in [2.24, 2.45) is 5.92 Å². The minimum atomic E-state index is -1.31. The number of hydrogen-bond acceptors (Lipinski definition) is 7. The molecule has 0 bridgehead atoms. The van der Waals surface area contributed by atoms with Gasteiger partial charge >= 0.3 is 17.9 Å². The van der Waals surface area contributed by atoms with E-state index in [2.05, 4.69) is 9.97 Å². The van der Waals surface area contributed by atoms with Gasteiger partial charge in [0.2, 0.25) is 0 Å². The maximum atomic E-state index is 13.1. The van der Waals surface area contributed by atoms with Gasteiger partial charge in [0.05, 0.1) is 41.8 Å². The second-order valence-corrected chi connectivity index (χ2v) is 8.27. The van der Waals surface area contributed by atoms with E-state index in [0.29, 0.717) is 5.56 Å². The molecule has 0 aliphatic rings. The van der Waals surface area contributed by atoms with Crippen LogP contribution in [0.2, 0.25) is 5.15 Å². The molecule has 0 saturated heterocycles. The quantitative estimate of drug-likeness (QED) is 0.366. The van der Waals surface area contributed by atoms with Gasteiger partial charge in [-0.25, -0.2) is 24.4 Å². The lowest BCUT2D eigenvalue weighted by Gasteiger charge is -2.18. The molecule has 1 N–H and O–H groups in total. The highest BCUT2D eigenvalue weighted by molar-refractivity contribution is 6.29. The van der Waals surface area contributed by atoms with E-state index >= 15 is 0 Å². The standard InChI is InChI=1S/C25H23ClN2O6/c1-13(2)12-34-25(32)19-14(3)27-22(17-6-5-7-18(26)28-17)21(23(29)30)20(19)15-8-10-16(11-9-15)24(31)33-4/h5-11,13H,12H2,1-4H3,(H,29,30). The van der Waals surface area contributed by atoms with Crippen molar-refractivity contribution >= 4 is 29.5 Å². The number of methoxy groups -OCH3 is 1. The third-order valence-electron chi connectivity index (χ3n) is 4.90. The van der Waals surface area contributed by atoms with E-state index in [9.17, 15) is 19.5 Å². The van der Waals surface area contributed by atoms with E-state index in [1.807, 2.05) is 13.8 Å². The van der Waals surface area contributed by atoms with Crippen molar-refractivity contribution in [3.8, 4) is 22.5 Å². The second-order valence-electron chi connectivity index (χ2n) is 7.88. The summed E-state index contributed by atoms with van der Waals surface area (Å²) >= 11 is 6.03. The minimum Gasteiger partial charge on any atom is -0.478 e. The average Bonchev–Trinajstić information content (AvgIpc) is 2.81. The summed E-state index contributed by atoms with van der Waals surface area (Å²) in [4.78, 5) is 46.1. The van der Waals surface area contributed by atoms with E-state index in [4.69, 9.17) is 21.1 Å². The molecule has 176 valence electrons. The van der Waals surface area contributed by atoms with Crippen LogP contribution in [0.3, 0.4) is 0 Å². The number of benzene rings is 1. The molecule has 3 aromatic rings. The summed E-state index contributed by atoms with van der Waals surface area (Å²) in [6, 6.07) is 10.8. The molecule has 2 heterocycles. The number of nitrogens with zero attached hydrogens (tertiary/aromatic N) is 2. The van der Waals surface area contributed by atoms with Gasteiger partial charge in [-0.05, 0) is 42.7 Å². The Bertz CT molecular complexity index is 1260. The first-order valence-electron chi connectivity index (χ1n) is 10.4. The summed E-state index contributed by atoms with van der Waals surface area (Å²) in [5.74, 6) is -2.47. The monoisotopic (exact) mass is 482 g/mol. The first kappa shape index (κ1) is 24.9. The van der Waals surface area contributed by atoms with Crippen LogP contribution in [0.1, 0.15) is 50.6 Å². The maximum Gasteiger partial charge on any atom is 0.340 e. The van der Waals surface area contributed by atoms with Gasteiger partial charge in [-0.15, -0.1) is 0 Å². The number of aromatic nitrogens is 2. The topological polar surface area (TPSA) is 116 Å². The van der Waals surface area contributed by atoms with Crippen LogP contribution in [0.25, 0.3) is 22.5 Å². The largest absolute Gasteiger partial charge is 0.478 e. The first-order chi connectivity index (χ1) is 16.1. The van der Waals surface area contributed by atoms with Gasteiger partial charge in [-0.3, -0.25) is 0 Å². The molecule has 0 aliphatic heterocycles. The molecule has 34 heavy (non-hydrogen) atoms. The molecule has 8 nitrogen and oxygen atoms in total. The average molecular weight is 483 g/mol. The van der Waals surface area contributed by atoms with Crippen molar-refractivity contribution in [3.63, 3.8) is 0 Å². The summed E-state index contributed by atoms with van der Waals surface area (Å²) in [7, 11) is 1.26. The normalized spacial score (nSPS) is 10.8. The lowest BCUT2D eigenvalue weighted by Crippen LogP contribution is -2.17. The summed E-state index contributed by atoms with van der Waals surface area (Å²) in [6.45, 7) is 5.53. The van der Waals surface area contributed by atoms with Crippen molar-refractivity contribution in [2.75, 3.05) is 13.7 Å². The van der Waals surface area contributed by atoms with Gasteiger partial charge in [-0.1, -0.05) is 43.6 Å². The molecule has 0 unspecified atom stereocenters. The Hall–Kier alpha value is -3.78. The van der Waals surface area contributed by atoms with Crippen molar-refractivity contribution in [2.45, 2.75) is 20.8 Å². The fraction of sp³-hybridized carbons (Fsp3) is 0.240. The highest BCUT2D eigenvalue weighted by Crippen LogP contribution is 2.36. The predicted molar refractivity (Wildman–Crippen MR) is 126 cm³/mol. The van der Waals surface area contributed by atoms with Crippen LogP contribution in [-0.4, -0.2) is 46.7 Å². The number of pyridine rings is 2. The van der Waals surface area contributed by atoms with Crippen LogP contribution < -0.4 is 0 Å². The number of carbonyl (C=O) groups is 3. The van der Waals surface area contributed by atoms with Crippen molar-refractivity contribution < 1.29 is 29.0 Å². The third kappa shape index (κ3) is 5.23. The minimum absolute atomic E-state index is 0.0228. The van der Waals surface area contributed by atoms with Crippen LogP contribution in [0, 0.1) is 12.8 Å². The number of carboxylic acids is 1. The van der Waals surface area contributed by atoms with Crippen LogP contribution in [0.4, 0.5) is 0 Å². The fourth-order valence-electron chi connectivity index (χ4n) is 3.38. The summed E-state index contributed by atoms with van der Waals surface area (Å²) in [5.41, 5.74) is 1.12. The van der Waals surface area contributed by atoms with Crippen molar-refractivity contribution in [1.82, 2.24) is 9.97 Å². The molecule has 0 spiro atoms. The highest BCUT2D eigenvalue weighted by atomic mass is 35.5. The number of ether oxygens (including phenoxy) is 2. The molecule has 0 amide bonds. The molecule has 1 aromatic carbocycles. The molecule has 3 rings (SSSR count). The Kier molecular flexibility index (Phi) is 7.63. The van der Waals surface area contributed by atoms with Gasteiger partial charge in [0.25, 0.3) is 0 Å². The van der Waals surface area contributed by atoms with Gasteiger partial charge < -0.3 is 14.6 Å². The lowest BCUT2D eigenvalue weighted by atomic mass is 9.91. The number of carboxylic acid groups (broad SMARTS) is 1. The van der Waals surface area contributed by atoms with Crippen LogP contribution in [0.15, 0.2) is 42.5 Å². The first-order valence-corrected chi connectivity index (χ1v) is 10.8. The summed E-state index contributed by atoms with van der Waals surface area (Å²) in [5, 5.41) is 10.4. The smallest absolute Gasteiger partial charge is 0.340 e. The zero-order chi connectivity index (χ0) is 25.0. The molecular weight excluding hydrogens is 460 g/mol. The van der Waals surface area contributed by atoms with E-state index in [1.165, 1.54) is 19.2 Å². The lowest BCUT2D eigenvalue weighted by molar-refractivity contribution is 0.0458. The van der Waals surface area contributed by atoms with Crippen LogP contribution >= 0.6 is 11.6 Å². The Morgan fingerprint density at radius 3 is 2.24 bits per heavy atom. The number of halogens is 1. The van der Waals surface area contributed by atoms with E-state index in [0.717, 1.165) is 0 Å². The Morgan fingerprint density at radius 2 is 1.68 bits per heavy atom. The van der Waals surface area contributed by atoms with E-state index in [1.54, 1.807) is 37.3 Å². The molecule has 0 atom stereocenters. The molecule has 2 aromatic heterocycles. The van der Waals surface area contributed by atoms with Gasteiger partial charge in [-0.2, -0.15) is 0 Å². The second kappa shape index (κ2) is 10.4. The maximum absolute atomic E-state index is 13.1. The van der Waals surface area contributed by atoms with Crippen LogP contribution in [0.5, 0.6) is 0 Å². The molecule has 0 aliphatic carbocycles. The third-order valence-corrected chi connectivity index (χ3v) is 5.11. The van der Waals surface area contributed by atoms with Gasteiger partial charge in [0, 0.05) is 5.56 Å². The Balaban J connectivity index is 2.34. The van der Waals surface area contributed by atoms with Gasteiger partial charge in [0.1, 0.15) is 10.8 Å². The number of hydrogen-bond donors (Lipinski definition) is 1. The highest BCUT2D eigenvalue weighted by Gasteiger charge is 2.29. The molecular formula is C25H23ClN2O6. The SMILES string of the molecule is COC(=O)c1ccc(-c2c(C(=O)OCC(C)C)c(C)nc(-c3cccc(Cl)n3)c2C(=O)O)cc1. The summed E-state index contributed by atoms with van der Waals surface area (Å²) in [6.07, 6.45) is 0. The number of rotatable bonds is 7. The fourth-order valence-corrected chi connectivity index (χ4v) is 3.55. The van der Waals surface area contributed by atoms with Crippen molar-refractivity contribution in [1.29, 1.82) is 0 Å². The zero-order valence-electron chi connectivity index (χ0n) is 19.1. The molecule has 9 heteroatoms. The molecule has 0 fully saturated rings. The Morgan fingerprint density at radius 1 is 1.00 bits per heavy atom. The van der Waals surface area contributed by atoms with Crippen molar-refractivity contribution in [3.05, 3.63) is 70.0 Å². The summed E-state index contributed by atoms with van der Waals surface area (Å²) < 4.78 is 10.2. The zero-order valence-corrected chi connectivity index (χ0v) is 19.8. The molecule has 0 radical (unpaired) electrons. The van der Waals surface area contributed by atoms with E-state index < -0.39 is 17.9 Å². The number of aryl methyl sites for hydroxylation is 1. The number of carbonyl (C=O) groups excluding carboxylic acids is 2. The van der Waals surface area contributed by atoms with Gasteiger partial charge in [0.15, 0.2) is 0 Å².